The van der Waals surface area contributed by atoms with Gasteiger partial charge in [0.25, 0.3) is 0 Å². The van der Waals surface area contributed by atoms with Crippen LogP contribution in [-0.2, 0) is 15.9 Å². The zero-order valence-corrected chi connectivity index (χ0v) is 4.46. The van der Waals surface area contributed by atoms with Gasteiger partial charge in [-0.15, -0.1) is 0 Å². The van der Waals surface area contributed by atoms with Crippen LogP contribution in [0.1, 0.15) is 0 Å². The van der Waals surface area contributed by atoms with Crippen LogP contribution in [0.3, 0.4) is 0 Å². The Morgan fingerprint density at radius 2 is 2.38 bits per heavy atom. The number of hydrogen-bond donors (Lipinski definition) is 1. The SMILES string of the molecule is [N-]=[N+]=CC(=O)S(=O)O. The summed E-state index contributed by atoms with van der Waals surface area (Å²) < 4.78 is 17.5. The molecule has 0 bridgehead atoms. The van der Waals surface area contributed by atoms with E-state index in [1.807, 2.05) is 0 Å². The molecule has 1 N–H and O–H groups in total. The lowest BCUT2D eigenvalue weighted by molar-refractivity contribution is -0.109. The topological polar surface area (TPSA) is 90.8 Å². The molecule has 0 spiro atoms. The van der Waals surface area contributed by atoms with Crippen molar-refractivity contribution < 1.29 is 18.3 Å². The van der Waals surface area contributed by atoms with Gasteiger partial charge in [-0.3, -0.25) is 9.35 Å². The predicted molar refractivity (Wildman–Crippen MR) is 25.5 cm³/mol. The first-order valence-electron chi connectivity index (χ1n) is 1.50. The largest absolute Gasteiger partial charge is 0.361 e. The molecule has 1 unspecified atom stereocenters. The van der Waals surface area contributed by atoms with Crippen molar-refractivity contribution in [1.29, 1.82) is 0 Å². The molecule has 8 heavy (non-hydrogen) atoms. The van der Waals surface area contributed by atoms with Crippen molar-refractivity contribution in [2.45, 2.75) is 0 Å². The van der Waals surface area contributed by atoms with Gasteiger partial charge < -0.3 is 5.53 Å². The van der Waals surface area contributed by atoms with Crippen LogP contribution < -0.4 is 0 Å². The summed E-state index contributed by atoms with van der Waals surface area (Å²) in [5.41, 5.74) is 7.59. The molecule has 0 radical (unpaired) electrons. The fourth-order valence-corrected chi connectivity index (χ4v) is 0.230. The Hall–Kier alpha value is -0.840. The fourth-order valence-electron chi connectivity index (χ4n) is 0.0922. The molecule has 0 aromatic rings. The summed E-state index contributed by atoms with van der Waals surface area (Å²) in [6.07, 6.45) is 0.357. The molecule has 0 saturated carbocycles. The molecule has 0 saturated heterocycles. The zero-order valence-electron chi connectivity index (χ0n) is 3.64. The first-order valence-corrected chi connectivity index (χ1v) is 2.61. The van der Waals surface area contributed by atoms with Gasteiger partial charge in [0.15, 0.2) is 0 Å². The minimum Gasteiger partial charge on any atom is -0.361 e. The van der Waals surface area contributed by atoms with Gasteiger partial charge in [-0.05, 0) is 0 Å². The summed E-state index contributed by atoms with van der Waals surface area (Å²) in [6, 6.07) is 0. The summed E-state index contributed by atoms with van der Waals surface area (Å²) >= 11 is -2.56. The van der Waals surface area contributed by atoms with Gasteiger partial charge in [0.2, 0.25) is 11.1 Å². The van der Waals surface area contributed by atoms with Crippen molar-refractivity contribution in [1.82, 2.24) is 0 Å². The van der Waals surface area contributed by atoms with Crippen LogP contribution in [0.15, 0.2) is 0 Å². The third-order valence-electron chi connectivity index (χ3n) is 0.335. The fraction of sp³-hybridized carbons (Fsp3) is 0. The van der Waals surface area contributed by atoms with E-state index < -0.39 is 16.2 Å². The standard InChI is InChI=1S/C2H2N2O3S/c3-4-1-2(5)8(6)7/h1H,(H,6,7). The summed E-state index contributed by atoms with van der Waals surface area (Å²) in [7, 11) is 0. The summed E-state index contributed by atoms with van der Waals surface area (Å²) in [5.74, 6) is 0. The number of carbonyl (C=O) groups is 1. The van der Waals surface area contributed by atoms with E-state index in [0.29, 0.717) is 6.21 Å². The molecule has 44 valence electrons. The van der Waals surface area contributed by atoms with Crippen molar-refractivity contribution in [3.63, 3.8) is 0 Å². The van der Waals surface area contributed by atoms with E-state index in [4.69, 9.17) is 10.1 Å². The Bertz CT molecular complexity index is 166. The van der Waals surface area contributed by atoms with Gasteiger partial charge in [-0.25, -0.2) is 4.21 Å². The summed E-state index contributed by atoms with van der Waals surface area (Å²) in [4.78, 5) is 12.1. The second kappa shape index (κ2) is 3.20. The van der Waals surface area contributed by atoms with E-state index in [0.717, 1.165) is 0 Å². The molecule has 0 aromatic carbocycles. The van der Waals surface area contributed by atoms with Gasteiger partial charge in [0.05, 0.1) is 0 Å². The average Bonchev–Trinajstić information content (AvgIpc) is 1.67. The van der Waals surface area contributed by atoms with Crippen molar-refractivity contribution in [3.05, 3.63) is 5.53 Å². The lowest BCUT2D eigenvalue weighted by Gasteiger charge is -1.71. The highest BCUT2D eigenvalue weighted by molar-refractivity contribution is 7.97. The van der Waals surface area contributed by atoms with Crippen molar-refractivity contribution in [3.8, 4) is 0 Å². The number of nitrogens with zero attached hydrogens (tertiary/aromatic N) is 2. The van der Waals surface area contributed by atoms with E-state index in [1.165, 1.54) is 0 Å². The third-order valence-corrected chi connectivity index (χ3v) is 0.785. The number of hydrogen-bond acceptors (Lipinski definition) is 2. The lowest BCUT2D eigenvalue weighted by Crippen LogP contribution is -2.06. The van der Waals surface area contributed by atoms with Crippen LogP contribution in [0.5, 0.6) is 0 Å². The quantitative estimate of drug-likeness (QED) is 0.216. The van der Waals surface area contributed by atoms with Crippen molar-refractivity contribution in [2.75, 3.05) is 0 Å². The highest BCUT2D eigenvalue weighted by atomic mass is 32.2. The average molecular weight is 134 g/mol. The molecule has 0 aromatic heterocycles. The number of carbonyl (C=O) groups excluding carboxylic acids is 1. The molecule has 6 heteroatoms. The van der Waals surface area contributed by atoms with Gasteiger partial charge in [0.1, 0.15) is 0 Å². The van der Waals surface area contributed by atoms with E-state index in [1.54, 1.807) is 0 Å². The molecule has 0 fully saturated rings. The Morgan fingerprint density at radius 3 is 2.50 bits per heavy atom. The normalized spacial score (nSPS) is 11.6. The van der Waals surface area contributed by atoms with Gasteiger partial charge >= 0.3 is 11.3 Å². The maximum Gasteiger partial charge on any atom is 0.349 e. The molecular formula is C2H2N2O3S. The second-order valence-corrected chi connectivity index (χ2v) is 1.71. The summed E-state index contributed by atoms with van der Waals surface area (Å²) in [6.45, 7) is 0. The van der Waals surface area contributed by atoms with E-state index in [9.17, 15) is 9.00 Å². The van der Waals surface area contributed by atoms with Crippen LogP contribution in [-0.4, -0.2) is 24.9 Å². The molecule has 5 nitrogen and oxygen atoms in total. The van der Waals surface area contributed by atoms with Crippen LogP contribution in [0, 0.1) is 0 Å². The molecular weight excluding hydrogens is 132 g/mol. The molecule has 0 aliphatic carbocycles. The first kappa shape index (κ1) is 7.16. The highest BCUT2D eigenvalue weighted by Crippen LogP contribution is 1.68. The summed E-state index contributed by atoms with van der Waals surface area (Å²) in [5, 5.41) is -1.13. The van der Waals surface area contributed by atoms with Gasteiger partial charge in [-0.1, -0.05) is 0 Å². The Balaban J connectivity index is 4.05. The Kier molecular flexibility index (Phi) is 2.86. The van der Waals surface area contributed by atoms with Crippen LogP contribution in [0.25, 0.3) is 5.53 Å². The van der Waals surface area contributed by atoms with Gasteiger partial charge in [-0.2, -0.15) is 4.79 Å². The minimum absolute atomic E-state index is 0.357. The van der Waals surface area contributed by atoms with Crippen LogP contribution in [0.2, 0.25) is 0 Å². The molecule has 0 aliphatic heterocycles. The Labute approximate surface area is 47.2 Å². The van der Waals surface area contributed by atoms with Crippen molar-refractivity contribution >= 4 is 22.4 Å². The molecule has 1 atom stereocenters. The van der Waals surface area contributed by atoms with Crippen LogP contribution >= 0.6 is 0 Å². The number of rotatable bonds is 1. The Morgan fingerprint density at radius 1 is 1.88 bits per heavy atom. The first-order chi connectivity index (χ1) is 3.68. The third kappa shape index (κ3) is 2.35. The molecule has 0 aliphatic rings. The van der Waals surface area contributed by atoms with E-state index >= 15 is 0 Å². The predicted octanol–water partition coefficient (Wildman–Crippen LogP) is -0.965. The smallest absolute Gasteiger partial charge is 0.349 e. The van der Waals surface area contributed by atoms with Crippen LogP contribution in [0.4, 0.5) is 0 Å². The van der Waals surface area contributed by atoms with E-state index in [-0.39, 0.29) is 0 Å². The monoisotopic (exact) mass is 134 g/mol. The zero-order chi connectivity index (χ0) is 6.57. The molecule has 0 amide bonds. The lowest BCUT2D eigenvalue weighted by atomic mass is 10.9. The molecule has 0 rings (SSSR count). The van der Waals surface area contributed by atoms with E-state index in [2.05, 4.69) is 4.79 Å². The van der Waals surface area contributed by atoms with Crippen molar-refractivity contribution in [2.24, 2.45) is 0 Å². The maximum absolute atomic E-state index is 9.88. The maximum atomic E-state index is 9.88. The second-order valence-electron chi connectivity index (χ2n) is 0.813. The minimum atomic E-state index is -2.56. The molecule has 0 heterocycles. The highest BCUT2D eigenvalue weighted by Gasteiger charge is 2.07. The van der Waals surface area contributed by atoms with Gasteiger partial charge in [0, 0.05) is 0 Å².